The minimum atomic E-state index is -0.476. The van der Waals surface area contributed by atoms with Gasteiger partial charge in [0.15, 0.2) is 0 Å². The molecule has 0 fully saturated rings. The maximum Gasteiger partial charge on any atom is 0.319 e. The van der Waals surface area contributed by atoms with E-state index in [-0.39, 0.29) is 17.9 Å². The van der Waals surface area contributed by atoms with E-state index < -0.39 is 5.25 Å². The highest BCUT2D eigenvalue weighted by molar-refractivity contribution is 8.16. The van der Waals surface area contributed by atoms with E-state index in [1.54, 1.807) is 13.8 Å². The Hall–Kier alpha value is -0.620. The number of hydrogen-bond acceptors (Lipinski definition) is 6. The molecule has 0 aliphatic heterocycles. The van der Waals surface area contributed by atoms with Crippen LogP contribution >= 0.6 is 24.4 Å². The van der Waals surface area contributed by atoms with E-state index in [0.717, 1.165) is 12.8 Å². The highest BCUT2D eigenvalue weighted by Gasteiger charge is 2.27. The molecule has 4 nitrogen and oxygen atoms in total. The number of esters is 2. The quantitative estimate of drug-likeness (QED) is 0.380. The Morgan fingerprint density at radius 3 is 2.40 bits per heavy atom. The fourth-order valence-electron chi connectivity index (χ4n) is 1.47. The van der Waals surface area contributed by atoms with Gasteiger partial charge in [-0.25, -0.2) is 0 Å². The number of thiol groups is 1. The summed E-state index contributed by atoms with van der Waals surface area (Å²) < 4.78 is 10.7. The zero-order valence-corrected chi connectivity index (χ0v) is 14.1. The summed E-state index contributed by atoms with van der Waals surface area (Å²) in [7, 11) is 0. The predicted octanol–water partition coefficient (Wildman–Crippen LogP) is 3.42. The number of rotatable bonds is 10. The van der Waals surface area contributed by atoms with E-state index in [4.69, 9.17) is 9.47 Å². The van der Waals surface area contributed by atoms with E-state index in [1.165, 1.54) is 11.8 Å². The van der Waals surface area contributed by atoms with Gasteiger partial charge >= 0.3 is 11.9 Å². The van der Waals surface area contributed by atoms with Gasteiger partial charge in [-0.05, 0) is 19.8 Å². The van der Waals surface area contributed by atoms with E-state index in [9.17, 15) is 9.59 Å². The van der Waals surface area contributed by atoms with Crippen LogP contribution in [0, 0.1) is 5.92 Å². The Balaban J connectivity index is 4.50. The number of unbranched alkanes of at least 4 members (excludes halogenated alkanes) is 1. The van der Waals surface area contributed by atoms with Crippen LogP contribution in [-0.2, 0) is 19.1 Å². The number of hydrogen-bond donors (Lipinski definition) is 1. The Labute approximate surface area is 131 Å². The Morgan fingerprint density at radius 1 is 1.25 bits per heavy atom. The Morgan fingerprint density at radius 2 is 1.90 bits per heavy atom. The molecule has 0 saturated heterocycles. The topological polar surface area (TPSA) is 52.6 Å². The smallest absolute Gasteiger partial charge is 0.319 e. The maximum atomic E-state index is 12.0. The van der Waals surface area contributed by atoms with E-state index >= 15 is 0 Å². The summed E-state index contributed by atoms with van der Waals surface area (Å²) >= 11 is 5.32. The van der Waals surface area contributed by atoms with Gasteiger partial charge in [-0.15, -0.1) is 24.4 Å². The second-order valence-corrected chi connectivity index (χ2v) is 6.55. The standard InChI is InChI=1S/C14H24O4S2/c1-5-7-8-18-14(16)12(20-11(4)19)9-10(3)13(15)17-6-2/h10,12,19H,4-9H2,1-3H3. The molecule has 0 rings (SSSR count). The maximum absolute atomic E-state index is 12.0. The SMILES string of the molecule is C=C(S)SC(CC(C)C(=O)OCC)C(=O)OCCCC. The molecule has 116 valence electrons. The lowest BCUT2D eigenvalue weighted by Crippen LogP contribution is -2.26. The van der Waals surface area contributed by atoms with Crippen molar-refractivity contribution in [2.75, 3.05) is 13.2 Å². The fourth-order valence-corrected chi connectivity index (χ4v) is 2.73. The van der Waals surface area contributed by atoms with Crippen molar-refractivity contribution in [2.45, 2.75) is 45.3 Å². The van der Waals surface area contributed by atoms with Crippen molar-refractivity contribution in [1.29, 1.82) is 0 Å². The lowest BCUT2D eigenvalue weighted by molar-refractivity contribution is -0.148. The van der Waals surface area contributed by atoms with Crippen molar-refractivity contribution < 1.29 is 19.1 Å². The molecule has 2 atom stereocenters. The minimum Gasteiger partial charge on any atom is -0.466 e. The van der Waals surface area contributed by atoms with Crippen LogP contribution in [0.1, 0.15) is 40.0 Å². The van der Waals surface area contributed by atoms with Crippen molar-refractivity contribution in [3.63, 3.8) is 0 Å². The number of ether oxygens (including phenoxy) is 2. The molecule has 0 heterocycles. The molecule has 0 aromatic carbocycles. The summed E-state index contributed by atoms with van der Waals surface area (Å²) in [6, 6.07) is 0. The molecule has 6 heteroatoms. The van der Waals surface area contributed by atoms with Gasteiger partial charge in [0.1, 0.15) is 5.25 Å². The van der Waals surface area contributed by atoms with Crippen molar-refractivity contribution in [2.24, 2.45) is 5.92 Å². The fraction of sp³-hybridized carbons (Fsp3) is 0.714. The normalized spacial score (nSPS) is 13.4. The molecule has 0 saturated carbocycles. The third-order valence-electron chi connectivity index (χ3n) is 2.54. The molecule has 2 unspecified atom stereocenters. The monoisotopic (exact) mass is 320 g/mol. The Bertz CT molecular complexity index is 331. The van der Waals surface area contributed by atoms with Gasteiger partial charge in [0.05, 0.1) is 19.1 Å². The second kappa shape index (κ2) is 11.1. The second-order valence-electron chi connectivity index (χ2n) is 4.41. The number of carbonyl (C=O) groups excluding carboxylic acids is 2. The highest BCUT2D eigenvalue weighted by atomic mass is 32.2. The molecule has 20 heavy (non-hydrogen) atoms. The zero-order valence-electron chi connectivity index (χ0n) is 12.4. The average Bonchev–Trinajstić information content (AvgIpc) is 2.37. The summed E-state index contributed by atoms with van der Waals surface area (Å²) in [6.45, 7) is 9.93. The molecule has 0 aromatic heterocycles. The van der Waals surface area contributed by atoms with E-state index in [0.29, 0.717) is 23.9 Å². The average molecular weight is 320 g/mol. The van der Waals surface area contributed by atoms with Crippen LogP contribution in [0.5, 0.6) is 0 Å². The molecule has 0 spiro atoms. The van der Waals surface area contributed by atoms with Gasteiger partial charge in [0.25, 0.3) is 0 Å². The summed E-state index contributed by atoms with van der Waals surface area (Å²) in [4.78, 5) is 23.6. The van der Waals surface area contributed by atoms with Crippen molar-refractivity contribution >= 4 is 36.3 Å². The Kier molecular flexibility index (Phi) is 10.7. The first-order valence-corrected chi connectivity index (χ1v) is 8.12. The first-order valence-electron chi connectivity index (χ1n) is 6.80. The van der Waals surface area contributed by atoms with Gasteiger partial charge in [-0.2, -0.15) is 0 Å². The first kappa shape index (κ1) is 19.4. The van der Waals surface area contributed by atoms with Crippen LogP contribution in [0.4, 0.5) is 0 Å². The first-order chi connectivity index (χ1) is 9.42. The molecular formula is C14H24O4S2. The summed E-state index contributed by atoms with van der Waals surface area (Å²) in [5.41, 5.74) is 0. The van der Waals surface area contributed by atoms with E-state index in [1.807, 2.05) is 6.92 Å². The molecule has 0 amide bonds. The lowest BCUT2D eigenvalue weighted by Gasteiger charge is -2.18. The third-order valence-corrected chi connectivity index (χ3v) is 3.80. The minimum absolute atomic E-state index is 0.302. The summed E-state index contributed by atoms with van der Waals surface area (Å²) in [5.74, 6) is -0.988. The third kappa shape index (κ3) is 8.53. The largest absolute Gasteiger partial charge is 0.466 e. The van der Waals surface area contributed by atoms with Crippen molar-refractivity contribution in [1.82, 2.24) is 0 Å². The lowest BCUT2D eigenvalue weighted by atomic mass is 10.1. The van der Waals surface area contributed by atoms with Gasteiger partial charge in [-0.1, -0.05) is 26.8 Å². The van der Waals surface area contributed by atoms with Crippen LogP contribution < -0.4 is 0 Å². The van der Waals surface area contributed by atoms with Crippen LogP contribution in [0.3, 0.4) is 0 Å². The zero-order chi connectivity index (χ0) is 15.5. The molecule has 0 aliphatic rings. The van der Waals surface area contributed by atoms with Crippen LogP contribution in [0.25, 0.3) is 0 Å². The predicted molar refractivity (Wildman–Crippen MR) is 85.8 cm³/mol. The molecular weight excluding hydrogens is 296 g/mol. The highest BCUT2D eigenvalue weighted by Crippen LogP contribution is 2.29. The van der Waals surface area contributed by atoms with Gasteiger partial charge in [-0.3, -0.25) is 9.59 Å². The van der Waals surface area contributed by atoms with Gasteiger partial charge < -0.3 is 9.47 Å². The van der Waals surface area contributed by atoms with Crippen LogP contribution in [0.2, 0.25) is 0 Å². The van der Waals surface area contributed by atoms with Gasteiger partial charge in [0.2, 0.25) is 0 Å². The van der Waals surface area contributed by atoms with Crippen LogP contribution in [0.15, 0.2) is 10.8 Å². The van der Waals surface area contributed by atoms with Crippen LogP contribution in [-0.4, -0.2) is 30.4 Å². The van der Waals surface area contributed by atoms with Crippen molar-refractivity contribution in [3.8, 4) is 0 Å². The van der Waals surface area contributed by atoms with E-state index in [2.05, 4.69) is 19.2 Å². The number of carbonyl (C=O) groups is 2. The molecule has 0 N–H and O–H groups in total. The summed E-state index contributed by atoms with van der Waals surface area (Å²) in [6.07, 6.45) is 2.15. The molecule has 0 aromatic rings. The molecule has 0 aliphatic carbocycles. The van der Waals surface area contributed by atoms with Gasteiger partial charge in [0, 0.05) is 4.24 Å². The molecule has 0 bridgehead atoms. The molecule has 0 radical (unpaired) electrons. The summed E-state index contributed by atoms with van der Waals surface area (Å²) in [5, 5.41) is -0.476. The number of thioether (sulfide) groups is 1. The van der Waals surface area contributed by atoms with Crippen molar-refractivity contribution in [3.05, 3.63) is 10.8 Å².